The number of anilines is 2. The highest BCUT2D eigenvalue weighted by atomic mass is 32.2. The molecule has 8 heteroatoms. The summed E-state index contributed by atoms with van der Waals surface area (Å²) in [6.45, 7) is 9.13. The third-order valence-electron chi connectivity index (χ3n) is 5.29. The Morgan fingerprint density at radius 3 is 2.30 bits per heavy atom. The van der Waals surface area contributed by atoms with Crippen molar-refractivity contribution in [1.82, 2.24) is 4.31 Å². The molecule has 30 heavy (non-hydrogen) atoms. The van der Waals surface area contributed by atoms with Crippen LogP contribution in [0.2, 0.25) is 0 Å². The summed E-state index contributed by atoms with van der Waals surface area (Å²) in [4.78, 5) is 15.1. The minimum atomic E-state index is -3.67. The Bertz CT molecular complexity index is 980. The fourth-order valence-electron chi connectivity index (χ4n) is 3.49. The summed E-state index contributed by atoms with van der Waals surface area (Å²) in [5.41, 5.74) is 2.67. The lowest BCUT2D eigenvalue weighted by Gasteiger charge is -2.26. The van der Waals surface area contributed by atoms with Gasteiger partial charge in [-0.15, -0.1) is 0 Å². The van der Waals surface area contributed by atoms with Gasteiger partial charge >= 0.3 is 0 Å². The largest absolute Gasteiger partial charge is 0.379 e. The quantitative estimate of drug-likeness (QED) is 0.729. The summed E-state index contributed by atoms with van der Waals surface area (Å²) < 4.78 is 32.7. The van der Waals surface area contributed by atoms with Gasteiger partial charge in [-0.3, -0.25) is 4.79 Å². The van der Waals surface area contributed by atoms with E-state index < -0.39 is 10.0 Å². The Hall–Kier alpha value is -2.42. The molecule has 0 aliphatic carbocycles. The Morgan fingerprint density at radius 2 is 1.70 bits per heavy atom. The van der Waals surface area contributed by atoms with Crippen LogP contribution >= 0.6 is 0 Å². The van der Waals surface area contributed by atoms with E-state index in [0.29, 0.717) is 43.1 Å². The van der Waals surface area contributed by atoms with Crippen molar-refractivity contribution in [2.45, 2.75) is 25.7 Å². The van der Waals surface area contributed by atoms with E-state index in [1.807, 2.05) is 24.3 Å². The number of amides is 1. The third-order valence-corrected chi connectivity index (χ3v) is 7.33. The van der Waals surface area contributed by atoms with E-state index in [4.69, 9.17) is 4.74 Å². The van der Waals surface area contributed by atoms with Crippen molar-refractivity contribution < 1.29 is 17.9 Å². The Kier molecular flexibility index (Phi) is 7.12. The molecule has 0 unspecified atom stereocenters. The second-order valence-electron chi connectivity index (χ2n) is 7.17. The number of nitrogens with one attached hydrogen (secondary N) is 1. The van der Waals surface area contributed by atoms with Gasteiger partial charge in [0.2, 0.25) is 10.0 Å². The van der Waals surface area contributed by atoms with E-state index in [2.05, 4.69) is 24.1 Å². The Morgan fingerprint density at radius 1 is 1.07 bits per heavy atom. The van der Waals surface area contributed by atoms with E-state index in [1.54, 1.807) is 19.1 Å². The van der Waals surface area contributed by atoms with Crippen LogP contribution < -0.4 is 10.2 Å². The second kappa shape index (κ2) is 9.59. The maximum absolute atomic E-state index is 13.0. The summed E-state index contributed by atoms with van der Waals surface area (Å²) in [7, 11) is -3.67. The Balaban J connectivity index is 1.79. The molecule has 1 aliphatic heterocycles. The van der Waals surface area contributed by atoms with Crippen molar-refractivity contribution >= 4 is 27.3 Å². The van der Waals surface area contributed by atoms with E-state index in [0.717, 1.165) is 18.8 Å². The minimum Gasteiger partial charge on any atom is -0.379 e. The van der Waals surface area contributed by atoms with Gasteiger partial charge in [-0.25, -0.2) is 8.42 Å². The monoisotopic (exact) mass is 431 g/mol. The minimum absolute atomic E-state index is 0.161. The fraction of sp³-hybridized carbons (Fsp3) is 0.409. The molecule has 0 aromatic heterocycles. The van der Waals surface area contributed by atoms with Crippen molar-refractivity contribution in [2.24, 2.45) is 0 Å². The molecule has 0 radical (unpaired) electrons. The summed E-state index contributed by atoms with van der Waals surface area (Å²) in [5, 5.41) is 2.85. The molecule has 1 saturated heterocycles. The number of hydrogen-bond donors (Lipinski definition) is 1. The molecule has 1 heterocycles. The molecule has 0 spiro atoms. The number of nitrogens with zero attached hydrogens (tertiary/aromatic N) is 2. The first-order chi connectivity index (χ1) is 14.4. The summed E-state index contributed by atoms with van der Waals surface area (Å²) >= 11 is 0. The zero-order valence-corrected chi connectivity index (χ0v) is 18.5. The van der Waals surface area contributed by atoms with Gasteiger partial charge in [0.1, 0.15) is 0 Å². The van der Waals surface area contributed by atoms with Gasteiger partial charge in [0.05, 0.1) is 18.1 Å². The highest BCUT2D eigenvalue weighted by Gasteiger charge is 2.28. The van der Waals surface area contributed by atoms with Gasteiger partial charge in [0.15, 0.2) is 0 Å². The topological polar surface area (TPSA) is 79.0 Å². The number of sulfonamides is 1. The smallest absolute Gasteiger partial charge is 0.255 e. The number of aryl methyl sites for hydroxylation is 1. The molecule has 3 rings (SSSR count). The number of benzene rings is 2. The van der Waals surface area contributed by atoms with Gasteiger partial charge in [0.25, 0.3) is 5.91 Å². The maximum atomic E-state index is 13.0. The Labute approximate surface area is 178 Å². The van der Waals surface area contributed by atoms with Crippen molar-refractivity contribution in [3.8, 4) is 0 Å². The van der Waals surface area contributed by atoms with Crippen molar-refractivity contribution in [2.75, 3.05) is 49.6 Å². The van der Waals surface area contributed by atoms with Gasteiger partial charge < -0.3 is 15.0 Å². The van der Waals surface area contributed by atoms with E-state index in [1.165, 1.54) is 10.4 Å². The lowest BCUT2D eigenvalue weighted by atomic mass is 10.1. The molecule has 1 N–H and O–H groups in total. The van der Waals surface area contributed by atoms with Crippen LogP contribution in [-0.4, -0.2) is 58.0 Å². The van der Waals surface area contributed by atoms with Gasteiger partial charge in [-0.1, -0.05) is 6.07 Å². The van der Waals surface area contributed by atoms with E-state index in [9.17, 15) is 13.2 Å². The predicted molar refractivity (Wildman–Crippen MR) is 119 cm³/mol. The van der Waals surface area contributed by atoms with Crippen molar-refractivity contribution in [3.05, 3.63) is 53.6 Å². The summed E-state index contributed by atoms with van der Waals surface area (Å²) in [5.74, 6) is -0.344. The average molecular weight is 432 g/mol. The zero-order valence-electron chi connectivity index (χ0n) is 17.7. The van der Waals surface area contributed by atoms with Crippen LogP contribution in [0.4, 0.5) is 11.4 Å². The first-order valence-corrected chi connectivity index (χ1v) is 11.7. The lowest BCUT2D eigenvalue weighted by Crippen LogP contribution is -2.40. The number of hydrogen-bond acceptors (Lipinski definition) is 5. The van der Waals surface area contributed by atoms with E-state index in [-0.39, 0.29) is 10.8 Å². The van der Waals surface area contributed by atoms with Gasteiger partial charge in [-0.2, -0.15) is 4.31 Å². The SMILES string of the molecule is CCN(CC)c1ccc(NC(=O)c2ccc(C)c(S(=O)(=O)N3CCOCC3)c2)cc1. The fourth-order valence-corrected chi connectivity index (χ4v) is 5.15. The molecule has 0 saturated carbocycles. The van der Waals surface area contributed by atoms with Gasteiger partial charge in [-0.05, 0) is 62.7 Å². The molecule has 2 aromatic carbocycles. The van der Waals surface area contributed by atoms with Crippen LogP contribution in [0.15, 0.2) is 47.4 Å². The molecule has 7 nitrogen and oxygen atoms in total. The number of carbonyl (C=O) groups is 1. The van der Waals surface area contributed by atoms with Crippen LogP contribution in [0.1, 0.15) is 29.8 Å². The summed E-state index contributed by atoms with van der Waals surface area (Å²) in [6, 6.07) is 12.4. The average Bonchev–Trinajstić information content (AvgIpc) is 2.76. The molecule has 1 amide bonds. The molecule has 2 aromatic rings. The molecular formula is C22H29N3O4S. The zero-order chi connectivity index (χ0) is 21.7. The lowest BCUT2D eigenvalue weighted by molar-refractivity contribution is 0.0730. The highest BCUT2D eigenvalue weighted by Crippen LogP contribution is 2.23. The van der Waals surface area contributed by atoms with Crippen LogP contribution in [0.3, 0.4) is 0 Å². The first kappa shape index (κ1) is 22.3. The van der Waals surface area contributed by atoms with Crippen LogP contribution in [0.5, 0.6) is 0 Å². The third kappa shape index (κ3) is 4.83. The van der Waals surface area contributed by atoms with Crippen LogP contribution in [0, 0.1) is 6.92 Å². The normalized spacial score (nSPS) is 15.0. The van der Waals surface area contributed by atoms with Crippen LogP contribution in [0.25, 0.3) is 0 Å². The highest BCUT2D eigenvalue weighted by molar-refractivity contribution is 7.89. The summed E-state index contributed by atoms with van der Waals surface area (Å²) in [6.07, 6.45) is 0. The molecule has 1 aliphatic rings. The number of carbonyl (C=O) groups excluding carboxylic acids is 1. The predicted octanol–water partition coefficient (Wildman–Crippen LogP) is 3.11. The molecule has 1 fully saturated rings. The molecule has 0 atom stereocenters. The van der Waals surface area contributed by atoms with Crippen LogP contribution in [-0.2, 0) is 14.8 Å². The van der Waals surface area contributed by atoms with E-state index >= 15 is 0 Å². The second-order valence-corrected chi connectivity index (χ2v) is 9.08. The molecule has 0 bridgehead atoms. The maximum Gasteiger partial charge on any atom is 0.255 e. The van der Waals surface area contributed by atoms with Crippen molar-refractivity contribution in [1.29, 1.82) is 0 Å². The first-order valence-electron chi connectivity index (χ1n) is 10.2. The standard InChI is InChI=1S/C22H29N3O4S/c1-4-24(5-2)20-10-8-19(9-11-20)23-22(26)18-7-6-17(3)21(16-18)30(27,28)25-12-14-29-15-13-25/h6-11,16H,4-5,12-15H2,1-3H3,(H,23,26). The number of ether oxygens (including phenoxy) is 1. The number of morpholine rings is 1. The molecule has 162 valence electrons. The van der Waals surface area contributed by atoms with Gasteiger partial charge in [0, 0.05) is 43.1 Å². The number of rotatable bonds is 7. The van der Waals surface area contributed by atoms with Crippen molar-refractivity contribution in [3.63, 3.8) is 0 Å². The molecular weight excluding hydrogens is 402 g/mol.